The zero-order valence-corrected chi connectivity index (χ0v) is 17.7. The largest absolute Gasteiger partial charge is 0.490 e. The van der Waals surface area contributed by atoms with Crippen molar-refractivity contribution < 1.29 is 4.74 Å². The van der Waals surface area contributed by atoms with Gasteiger partial charge in [0.15, 0.2) is 0 Å². The Bertz CT molecular complexity index is 583. The Hall–Kier alpha value is -1.22. The first-order valence-corrected chi connectivity index (χ1v) is 10.5. The first kappa shape index (κ1) is 19.5. The zero-order valence-electron chi connectivity index (χ0n) is 17.7. The number of para-hydroxylation sites is 2. The van der Waals surface area contributed by atoms with Crippen LogP contribution in [0.15, 0.2) is 24.3 Å². The summed E-state index contributed by atoms with van der Waals surface area (Å²) in [6.07, 6.45) is 7.30. The van der Waals surface area contributed by atoms with Crippen molar-refractivity contribution in [3.05, 3.63) is 24.3 Å². The minimum atomic E-state index is 0.167. The van der Waals surface area contributed by atoms with Gasteiger partial charge in [-0.2, -0.15) is 0 Å². The molecule has 3 aliphatic heterocycles. The van der Waals surface area contributed by atoms with Gasteiger partial charge in [-0.1, -0.05) is 18.6 Å². The average Bonchev–Trinajstić information content (AvgIpc) is 2.85. The molecule has 2 atom stereocenters. The lowest BCUT2D eigenvalue weighted by Gasteiger charge is -2.44. The van der Waals surface area contributed by atoms with Crippen LogP contribution in [0.3, 0.4) is 0 Å². The van der Waals surface area contributed by atoms with E-state index >= 15 is 0 Å². The first-order valence-electron chi connectivity index (χ1n) is 10.5. The highest BCUT2D eigenvalue weighted by atomic mass is 16.5. The third kappa shape index (κ3) is 4.19. The van der Waals surface area contributed by atoms with Crippen molar-refractivity contribution in [2.75, 3.05) is 18.1 Å². The molecule has 146 valence electrons. The predicted molar refractivity (Wildman–Crippen MR) is 111 cm³/mol. The summed E-state index contributed by atoms with van der Waals surface area (Å²) in [4.78, 5) is 5.17. The number of hydrogen-bond acceptors (Lipinski definition) is 3. The molecule has 0 aromatic heterocycles. The summed E-state index contributed by atoms with van der Waals surface area (Å²) in [5.74, 6) is 1.01. The van der Waals surface area contributed by atoms with Crippen LogP contribution in [0.5, 0.6) is 5.75 Å². The Kier molecular flexibility index (Phi) is 5.58. The second-order valence-corrected chi connectivity index (χ2v) is 10.0. The van der Waals surface area contributed by atoms with Gasteiger partial charge in [0, 0.05) is 23.2 Å². The average molecular weight is 359 g/mol. The van der Waals surface area contributed by atoms with Gasteiger partial charge >= 0.3 is 0 Å². The third-order valence-electron chi connectivity index (χ3n) is 6.01. The molecule has 2 saturated heterocycles. The molecule has 3 aliphatic rings. The van der Waals surface area contributed by atoms with E-state index in [-0.39, 0.29) is 5.54 Å². The second-order valence-electron chi connectivity index (χ2n) is 10.0. The summed E-state index contributed by atoms with van der Waals surface area (Å²) in [6, 6.07) is 10.1. The van der Waals surface area contributed by atoms with Crippen LogP contribution < -0.4 is 9.64 Å². The summed E-state index contributed by atoms with van der Waals surface area (Å²) in [5.41, 5.74) is 1.79. The fourth-order valence-electron chi connectivity index (χ4n) is 5.08. The molecule has 2 unspecified atom stereocenters. The van der Waals surface area contributed by atoms with Crippen LogP contribution in [0, 0.1) is 0 Å². The van der Waals surface area contributed by atoms with Crippen molar-refractivity contribution in [1.82, 2.24) is 4.90 Å². The third-order valence-corrected chi connectivity index (χ3v) is 6.01. The van der Waals surface area contributed by atoms with Gasteiger partial charge in [-0.3, -0.25) is 4.90 Å². The summed E-state index contributed by atoms with van der Waals surface area (Å²) in [5, 5.41) is 0. The quantitative estimate of drug-likeness (QED) is 0.610. The number of anilines is 1. The highest BCUT2D eigenvalue weighted by Gasteiger charge is 2.41. The molecule has 3 heterocycles. The second kappa shape index (κ2) is 7.42. The van der Waals surface area contributed by atoms with Crippen LogP contribution in [0.4, 0.5) is 5.69 Å². The van der Waals surface area contributed by atoms with Crippen LogP contribution in [0.1, 0.15) is 73.6 Å². The van der Waals surface area contributed by atoms with Crippen molar-refractivity contribution in [3.8, 4) is 5.75 Å². The van der Waals surface area contributed by atoms with Crippen molar-refractivity contribution >= 4 is 5.69 Å². The molecule has 3 nitrogen and oxygen atoms in total. The highest BCUT2D eigenvalue weighted by molar-refractivity contribution is 5.61. The first-order chi connectivity index (χ1) is 12.2. The fourth-order valence-corrected chi connectivity index (χ4v) is 5.08. The number of rotatable bonds is 0. The van der Waals surface area contributed by atoms with E-state index in [1.165, 1.54) is 37.8 Å². The van der Waals surface area contributed by atoms with Crippen LogP contribution in [-0.4, -0.2) is 41.2 Å². The van der Waals surface area contributed by atoms with Gasteiger partial charge < -0.3 is 9.64 Å². The van der Waals surface area contributed by atoms with E-state index in [0.717, 1.165) is 31.0 Å². The van der Waals surface area contributed by atoms with Crippen LogP contribution >= 0.6 is 0 Å². The summed E-state index contributed by atoms with van der Waals surface area (Å²) in [7, 11) is 0. The maximum atomic E-state index is 5.61. The number of piperidine rings is 1. The van der Waals surface area contributed by atoms with Crippen molar-refractivity contribution in [1.29, 1.82) is 0 Å². The van der Waals surface area contributed by atoms with Crippen molar-refractivity contribution in [2.24, 2.45) is 0 Å². The topological polar surface area (TPSA) is 15.7 Å². The maximum absolute atomic E-state index is 5.61. The van der Waals surface area contributed by atoms with E-state index in [9.17, 15) is 0 Å². The molecule has 2 fully saturated rings. The van der Waals surface area contributed by atoms with Crippen LogP contribution in [-0.2, 0) is 0 Å². The molecule has 0 aliphatic carbocycles. The molecule has 0 saturated carbocycles. The van der Waals surface area contributed by atoms with Gasteiger partial charge in [-0.25, -0.2) is 0 Å². The number of hydrogen-bond donors (Lipinski definition) is 0. The Balaban J connectivity index is 0.000000152. The zero-order chi connectivity index (χ0) is 18.9. The van der Waals surface area contributed by atoms with E-state index < -0.39 is 0 Å². The minimum absolute atomic E-state index is 0.167. The van der Waals surface area contributed by atoms with Crippen molar-refractivity contribution in [2.45, 2.75) is 96.8 Å². The van der Waals surface area contributed by atoms with E-state index in [4.69, 9.17) is 4.74 Å². The summed E-state index contributed by atoms with van der Waals surface area (Å²) in [6.45, 7) is 15.5. The van der Waals surface area contributed by atoms with E-state index in [1.54, 1.807) is 0 Å². The molecule has 0 radical (unpaired) electrons. The van der Waals surface area contributed by atoms with E-state index in [1.807, 2.05) is 12.1 Å². The molecular formula is C23H38N2O. The number of ether oxygens (including phenoxy) is 1. The molecule has 0 amide bonds. The van der Waals surface area contributed by atoms with Crippen LogP contribution in [0.2, 0.25) is 0 Å². The lowest BCUT2D eigenvalue weighted by molar-refractivity contribution is 0.0441. The monoisotopic (exact) mass is 358 g/mol. The van der Waals surface area contributed by atoms with Crippen molar-refractivity contribution in [3.63, 3.8) is 0 Å². The fraction of sp³-hybridized carbons (Fsp3) is 0.739. The molecule has 1 aromatic carbocycles. The Morgan fingerprint density at radius 2 is 1.46 bits per heavy atom. The normalized spacial score (nSPS) is 25.8. The SMILES string of the molecule is CC(C)(C)N1C2CCCC1CC2.CC(C)(C)N1CCOc2ccccc21. The van der Waals surface area contributed by atoms with E-state index in [0.29, 0.717) is 5.54 Å². The highest BCUT2D eigenvalue weighted by Crippen LogP contribution is 2.40. The van der Waals surface area contributed by atoms with Crippen LogP contribution in [0.25, 0.3) is 0 Å². The van der Waals surface area contributed by atoms with Gasteiger partial charge in [0.25, 0.3) is 0 Å². The van der Waals surface area contributed by atoms with Gasteiger partial charge in [0.2, 0.25) is 0 Å². The number of nitrogens with zero attached hydrogens (tertiary/aromatic N) is 2. The van der Waals surface area contributed by atoms with Gasteiger partial charge in [0.1, 0.15) is 12.4 Å². The lowest BCUT2D eigenvalue weighted by atomic mass is 9.95. The maximum Gasteiger partial charge on any atom is 0.142 e. The molecule has 0 N–H and O–H groups in total. The standard InChI is InChI=1S/C12H17NO.C11H21N/c1-12(2,3)13-8-9-14-11-7-5-4-6-10(11)13;1-11(2,3)12-9-5-4-6-10(12)8-7-9/h4-7H,8-9H2,1-3H3;9-10H,4-8H2,1-3H3. The molecule has 2 bridgehead atoms. The molecule has 3 heteroatoms. The number of benzene rings is 1. The van der Waals surface area contributed by atoms with Gasteiger partial charge in [-0.05, 0) is 79.4 Å². The van der Waals surface area contributed by atoms with E-state index in [2.05, 4.69) is 63.5 Å². The van der Waals surface area contributed by atoms with Gasteiger partial charge in [-0.15, -0.1) is 0 Å². The molecule has 1 aromatic rings. The predicted octanol–water partition coefficient (Wildman–Crippen LogP) is 5.49. The molecular weight excluding hydrogens is 320 g/mol. The summed E-state index contributed by atoms with van der Waals surface area (Å²) < 4.78 is 5.61. The Morgan fingerprint density at radius 1 is 0.846 bits per heavy atom. The Labute approximate surface area is 160 Å². The number of fused-ring (bicyclic) bond motifs is 3. The minimum Gasteiger partial charge on any atom is -0.490 e. The molecule has 0 spiro atoms. The lowest BCUT2D eigenvalue weighted by Crippen LogP contribution is -2.51. The smallest absolute Gasteiger partial charge is 0.142 e. The Morgan fingerprint density at radius 3 is 2.00 bits per heavy atom. The summed E-state index contributed by atoms with van der Waals surface area (Å²) >= 11 is 0. The van der Waals surface area contributed by atoms with Gasteiger partial charge in [0.05, 0.1) is 12.2 Å². The molecule has 4 rings (SSSR count). The molecule has 26 heavy (non-hydrogen) atoms.